The van der Waals surface area contributed by atoms with Gasteiger partial charge < -0.3 is 19.4 Å². The molecule has 2 aliphatic heterocycles. The van der Waals surface area contributed by atoms with Crippen molar-refractivity contribution in [1.82, 2.24) is 29.4 Å². The van der Waals surface area contributed by atoms with Gasteiger partial charge in [-0.1, -0.05) is 19.1 Å². The number of ether oxygens (including phenoxy) is 1. The molecular weight excluding hydrogens is 470 g/mol. The van der Waals surface area contributed by atoms with Gasteiger partial charge in [-0.2, -0.15) is 15.0 Å². The highest BCUT2D eigenvalue weighted by Gasteiger charge is 2.31. The number of amides is 1. The Morgan fingerprint density at radius 1 is 1.00 bits per heavy atom. The van der Waals surface area contributed by atoms with Crippen molar-refractivity contribution in [3.63, 3.8) is 0 Å². The van der Waals surface area contributed by atoms with Crippen LogP contribution in [0.25, 0.3) is 17.0 Å². The van der Waals surface area contributed by atoms with Crippen molar-refractivity contribution in [2.75, 3.05) is 49.1 Å². The second-order valence-corrected chi connectivity index (χ2v) is 9.06. The molecule has 2 saturated heterocycles. The van der Waals surface area contributed by atoms with E-state index in [1.807, 2.05) is 35.5 Å². The van der Waals surface area contributed by atoms with E-state index in [1.165, 1.54) is 4.57 Å². The number of imidazole rings is 1. The fraction of sp³-hybridized carbons (Fsp3) is 0.542. The summed E-state index contributed by atoms with van der Waals surface area (Å²) < 4.78 is 35.3. The van der Waals surface area contributed by atoms with E-state index in [1.54, 1.807) is 24.3 Å². The van der Waals surface area contributed by atoms with Crippen LogP contribution in [0.3, 0.4) is 0 Å². The van der Waals surface area contributed by atoms with E-state index in [-0.39, 0.29) is 24.0 Å². The fourth-order valence-electron chi connectivity index (χ4n) is 4.71. The van der Waals surface area contributed by atoms with Gasteiger partial charge in [-0.25, -0.2) is 13.8 Å². The lowest BCUT2D eigenvalue weighted by atomic mass is 10.1. The number of anilines is 2. The number of carbonyl (C=O) groups is 1. The first-order valence-electron chi connectivity index (χ1n) is 12.3. The Bertz CT molecular complexity index is 1240. The Balaban J connectivity index is 1.60. The molecule has 12 heteroatoms. The zero-order valence-electron chi connectivity index (χ0n) is 20.6. The lowest BCUT2D eigenvalue weighted by molar-refractivity contribution is -0.131. The molecule has 0 unspecified atom stereocenters. The van der Waals surface area contributed by atoms with E-state index < -0.39 is 12.2 Å². The minimum Gasteiger partial charge on any atom is -0.375 e. The van der Waals surface area contributed by atoms with Crippen LogP contribution in [0, 0.1) is 0 Å². The number of benzene rings is 1. The Labute approximate surface area is 207 Å². The lowest BCUT2D eigenvalue weighted by Gasteiger charge is -2.38. The predicted molar refractivity (Wildman–Crippen MR) is 131 cm³/mol. The van der Waals surface area contributed by atoms with Crippen LogP contribution in [0.5, 0.6) is 0 Å². The number of para-hydroxylation sites is 2. The lowest BCUT2D eigenvalue weighted by Crippen LogP contribution is -2.50. The first kappa shape index (κ1) is 24.3. The third kappa shape index (κ3) is 4.45. The molecule has 36 heavy (non-hydrogen) atoms. The molecule has 192 valence electrons. The topological polar surface area (TPSA) is 92.5 Å². The Hall–Kier alpha value is -3.41. The number of morpholine rings is 1. The molecule has 2 aromatic heterocycles. The number of hydrogen-bond donors (Lipinski definition) is 0. The second-order valence-electron chi connectivity index (χ2n) is 9.06. The van der Waals surface area contributed by atoms with Crippen molar-refractivity contribution in [3.05, 3.63) is 30.1 Å². The number of hydrogen-bond acceptors (Lipinski definition) is 8. The first-order valence-corrected chi connectivity index (χ1v) is 12.3. The van der Waals surface area contributed by atoms with Crippen LogP contribution in [0.4, 0.5) is 20.7 Å². The van der Waals surface area contributed by atoms with Gasteiger partial charge in [0.1, 0.15) is 0 Å². The Morgan fingerprint density at radius 2 is 1.69 bits per heavy atom. The zero-order chi connectivity index (χ0) is 25.4. The molecule has 0 N–H and O–H groups in total. The van der Waals surface area contributed by atoms with Gasteiger partial charge in [0.25, 0.3) is 6.43 Å². The maximum absolute atomic E-state index is 14.1. The molecule has 2 aliphatic rings. The SMILES string of the molecule is CCC(=O)N1CCN(c2nc(N3CCO[C@@H](C)[C@H]3C)nc(-n3c(C(F)F)nc4ccccc43)n2)CC1. The molecule has 2 atom stereocenters. The summed E-state index contributed by atoms with van der Waals surface area (Å²) in [6.07, 6.45) is -2.40. The number of fused-ring (bicyclic) bond motifs is 1. The molecule has 0 bridgehead atoms. The van der Waals surface area contributed by atoms with E-state index in [2.05, 4.69) is 15.0 Å². The molecule has 2 fully saturated rings. The third-order valence-electron chi connectivity index (χ3n) is 6.94. The van der Waals surface area contributed by atoms with E-state index in [9.17, 15) is 13.6 Å². The molecule has 1 amide bonds. The summed E-state index contributed by atoms with van der Waals surface area (Å²) in [5.74, 6) is 0.582. The molecule has 0 spiro atoms. The number of aromatic nitrogens is 5. The Morgan fingerprint density at radius 3 is 2.42 bits per heavy atom. The standard InChI is InChI=1S/C24H30F2N8O2/c1-4-19(35)31-9-11-32(12-10-31)22-28-23(33-13-14-36-16(3)15(33)2)30-24(29-22)34-18-8-6-5-7-17(18)27-21(34)20(25)26/h5-8,15-16,20H,4,9-14H2,1-3H3/t15-,16+/m1/s1. The van der Waals surface area contributed by atoms with Crippen LogP contribution in [0.1, 0.15) is 39.4 Å². The van der Waals surface area contributed by atoms with E-state index >= 15 is 0 Å². The number of alkyl halides is 2. The average Bonchev–Trinajstić information content (AvgIpc) is 3.30. The van der Waals surface area contributed by atoms with Gasteiger partial charge in [0.2, 0.25) is 23.8 Å². The highest BCUT2D eigenvalue weighted by atomic mass is 19.3. The molecule has 0 aliphatic carbocycles. The summed E-state index contributed by atoms with van der Waals surface area (Å²) in [5, 5.41) is 0. The predicted octanol–water partition coefficient (Wildman–Crippen LogP) is 2.82. The van der Waals surface area contributed by atoms with Gasteiger partial charge in [-0.15, -0.1) is 0 Å². The van der Waals surface area contributed by atoms with Crippen molar-refractivity contribution >= 4 is 28.8 Å². The monoisotopic (exact) mass is 500 g/mol. The van der Waals surface area contributed by atoms with E-state index in [0.29, 0.717) is 68.7 Å². The van der Waals surface area contributed by atoms with Crippen molar-refractivity contribution in [1.29, 1.82) is 0 Å². The number of carbonyl (C=O) groups excluding carboxylic acids is 1. The highest BCUT2D eigenvalue weighted by molar-refractivity contribution is 5.78. The van der Waals surface area contributed by atoms with E-state index in [4.69, 9.17) is 9.72 Å². The number of halogens is 2. The van der Waals surface area contributed by atoms with Crippen molar-refractivity contribution < 1.29 is 18.3 Å². The summed E-state index contributed by atoms with van der Waals surface area (Å²) in [7, 11) is 0. The third-order valence-corrected chi connectivity index (χ3v) is 6.94. The molecular formula is C24H30F2N8O2. The van der Waals surface area contributed by atoms with Gasteiger partial charge in [-0.3, -0.25) is 9.36 Å². The summed E-state index contributed by atoms with van der Waals surface area (Å²) in [4.78, 5) is 36.2. The minimum atomic E-state index is -2.81. The smallest absolute Gasteiger partial charge is 0.296 e. The van der Waals surface area contributed by atoms with Gasteiger partial charge in [0.15, 0.2) is 5.82 Å². The number of piperazine rings is 1. The van der Waals surface area contributed by atoms with Crippen molar-refractivity contribution in [2.45, 2.75) is 45.8 Å². The molecule has 1 aromatic carbocycles. The van der Waals surface area contributed by atoms with Crippen molar-refractivity contribution in [2.24, 2.45) is 0 Å². The van der Waals surface area contributed by atoms with Crippen LogP contribution in [-0.2, 0) is 9.53 Å². The maximum atomic E-state index is 14.1. The van der Waals surface area contributed by atoms with Crippen LogP contribution < -0.4 is 9.80 Å². The molecule has 0 radical (unpaired) electrons. The van der Waals surface area contributed by atoms with Gasteiger partial charge in [0, 0.05) is 39.1 Å². The van der Waals surface area contributed by atoms with Crippen molar-refractivity contribution in [3.8, 4) is 5.95 Å². The van der Waals surface area contributed by atoms with Gasteiger partial charge in [-0.05, 0) is 26.0 Å². The van der Waals surface area contributed by atoms with Crippen LogP contribution in [0.2, 0.25) is 0 Å². The maximum Gasteiger partial charge on any atom is 0.296 e. The Kier molecular flexibility index (Phi) is 6.69. The zero-order valence-corrected chi connectivity index (χ0v) is 20.6. The molecule has 5 rings (SSSR count). The number of rotatable bonds is 5. The second kappa shape index (κ2) is 9.92. The van der Waals surface area contributed by atoms with Gasteiger partial charge in [0.05, 0.1) is 29.8 Å². The summed E-state index contributed by atoms with van der Waals surface area (Å²) in [6, 6.07) is 6.93. The molecule has 0 saturated carbocycles. The summed E-state index contributed by atoms with van der Waals surface area (Å²) >= 11 is 0. The summed E-state index contributed by atoms with van der Waals surface area (Å²) in [5.41, 5.74) is 0.939. The molecule has 10 nitrogen and oxygen atoms in total. The largest absolute Gasteiger partial charge is 0.375 e. The minimum absolute atomic E-state index is 0.0185. The average molecular weight is 501 g/mol. The normalized spacial score (nSPS) is 21.0. The first-order chi connectivity index (χ1) is 17.4. The summed E-state index contributed by atoms with van der Waals surface area (Å²) in [6.45, 7) is 9.11. The van der Waals surface area contributed by atoms with Gasteiger partial charge >= 0.3 is 0 Å². The number of nitrogens with zero attached hydrogens (tertiary/aromatic N) is 8. The quantitative estimate of drug-likeness (QED) is 0.528. The fourth-order valence-corrected chi connectivity index (χ4v) is 4.71. The van der Waals surface area contributed by atoms with Crippen LogP contribution >= 0.6 is 0 Å². The highest BCUT2D eigenvalue weighted by Crippen LogP contribution is 2.29. The van der Waals surface area contributed by atoms with Crippen LogP contribution in [0.15, 0.2) is 24.3 Å². The van der Waals surface area contributed by atoms with E-state index in [0.717, 1.165) is 0 Å². The molecule has 4 heterocycles. The van der Waals surface area contributed by atoms with Crippen LogP contribution in [-0.4, -0.2) is 86.8 Å². The molecule has 3 aromatic rings.